The second-order valence-electron chi connectivity index (χ2n) is 3.90. The van der Waals surface area contributed by atoms with Crippen molar-refractivity contribution >= 4 is 5.97 Å². The molecule has 0 heterocycles. The summed E-state index contributed by atoms with van der Waals surface area (Å²) in [5.74, 6) is -0.182. The molecule has 1 unspecified atom stereocenters. The Labute approximate surface area is 88.7 Å². The van der Waals surface area contributed by atoms with Gasteiger partial charge < -0.3 is 9.84 Å². The Balaban J connectivity index is 2.36. The zero-order valence-electron chi connectivity index (χ0n) is 8.64. The van der Waals surface area contributed by atoms with Crippen LogP contribution in [-0.4, -0.2) is 18.2 Å². The fourth-order valence-electron chi connectivity index (χ4n) is 1.94. The average molecular weight is 206 g/mol. The molecule has 0 aromatic heterocycles. The molecular formula is C12H14O3. The molecule has 3 nitrogen and oxygen atoms in total. The van der Waals surface area contributed by atoms with Crippen LogP contribution in [0.3, 0.4) is 0 Å². The van der Waals surface area contributed by atoms with Gasteiger partial charge in [0.15, 0.2) is 0 Å². The molecule has 80 valence electrons. The van der Waals surface area contributed by atoms with Crippen molar-refractivity contribution in [3.05, 3.63) is 29.8 Å². The van der Waals surface area contributed by atoms with Crippen molar-refractivity contribution in [2.75, 3.05) is 7.11 Å². The molecule has 2 rings (SSSR count). The van der Waals surface area contributed by atoms with Gasteiger partial charge in [-0.3, -0.25) is 4.79 Å². The molecule has 1 aliphatic rings. The molecule has 0 amide bonds. The number of aliphatic carboxylic acids is 1. The Hall–Kier alpha value is -1.51. The summed E-state index contributed by atoms with van der Waals surface area (Å²) in [6, 6.07) is 7.37. The Bertz CT molecular complexity index is 369. The topological polar surface area (TPSA) is 46.5 Å². The largest absolute Gasteiger partial charge is 0.496 e. The van der Waals surface area contributed by atoms with E-state index in [0.717, 1.165) is 18.4 Å². The minimum Gasteiger partial charge on any atom is -0.496 e. The van der Waals surface area contributed by atoms with Gasteiger partial charge in [0.25, 0.3) is 0 Å². The van der Waals surface area contributed by atoms with Crippen LogP contribution in [0, 0.1) is 5.92 Å². The number of rotatable bonds is 4. The van der Waals surface area contributed by atoms with Gasteiger partial charge in [-0.15, -0.1) is 0 Å². The Morgan fingerprint density at radius 1 is 1.47 bits per heavy atom. The standard InChI is InChI=1S/C12H14O3/c1-15-10-5-3-2-4-9(10)11(12(13)14)8-6-7-8/h2-5,8,11H,6-7H2,1H3,(H,13,14). The van der Waals surface area contributed by atoms with Gasteiger partial charge in [-0.25, -0.2) is 0 Å². The highest BCUT2D eigenvalue weighted by Gasteiger charge is 2.38. The minimum atomic E-state index is -0.748. The highest BCUT2D eigenvalue weighted by molar-refractivity contribution is 5.78. The first kappa shape index (κ1) is 10.0. The first-order chi connectivity index (χ1) is 7.24. The lowest BCUT2D eigenvalue weighted by Crippen LogP contribution is -2.14. The van der Waals surface area contributed by atoms with Crippen molar-refractivity contribution in [3.63, 3.8) is 0 Å². The normalized spacial score (nSPS) is 17.1. The quantitative estimate of drug-likeness (QED) is 0.822. The van der Waals surface area contributed by atoms with Crippen molar-refractivity contribution in [3.8, 4) is 5.75 Å². The highest BCUT2D eigenvalue weighted by atomic mass is 16.5. The summed E-state index contributed by atoms with van der Waals surface area (Å²) in [4.78, 5) is 11.2. The summed E-state index contributed by atoms with van der Waals surface area (Å²) in [5, 5.41) is 9.20. The second-order valence-corrected chi connectivity index (χ2v) is 3.90. The van der Waals surface area contributed by atoms with Gasteiger partial charge in [-0.1, -0.05) is 18.2 Å². The van der Waals surface area contributed by atoms with Crippen molar-refractivity contribution in [1.29, 1.82) is 0 Å². The van der Waals surface area contributed by atoms with Gasteiger partial charge in [-0.2, -0.15) is 0 Å². The predicted molar refractivity (Wildman–Crippen MR) is 56.1 cm³/mol. The number of hydrogen-bond donors (Lipinski definition) is 1. The maximum absolute atomic E-state index is 11.2. The van der Waals surface area contributed by atoms with E-state index < -0.39 is 11.9 Å². The number of ether oxygens (including phenoxy) is 1. The number of carboxylic acids is 1. The molecule has 1 aromatic carbocycles. The minimum absolute atomic E-state index is 0.291. The van der Waals surface area contributed by atoms with E-state index in [1.54, 1.807) is 7.11 Å². The molecule has 1 N–H and O–H groups in total. The second kappa shape index (κ2) is 3.93. The van der Waals surface area contributed by atoms with Crippen molar-refractivity contribution < 1.29 is 14.6 Å². The van der Waals surface area contributed by atoms with Crippen LogP contribution >= 0.6 is 0 Å². The molecule has 1 atom stereocenters. The van der Waals surface area contributed by atoms with Gasteiger partial charge in [0.2, 0.25) is 0 Å². The van der Waals surface area contributed by atoms with Gasteiger partial charge in [-0.05, 0) is 24.8 Å². The van der Waals surface area contributed by atoms with Gasteiger partial charge in [0.05, 0.1) is 13.0 Å². The molecule has 1 saturated carbocycles. The molecule has 1 aliphatic carbocycles. The lowest BCUT2D eigenvalue weighted by molar-refractivity contribution is -0.139. The van der Waals surface area contributed by atoms with Crippen LogP contribution < -0.4 is 4.74 Å². The maximum atomic E-state index is 11.2. The van der Waals surface area contributed by atoms with Crippen LogP contribution in [0.15, 0.2) is 24.3 Å². The predicted octanol–water partition coefficient (Wildman–Crippen LogP) is 2.27. The first-order valence-electron chi connectivity index (χ1n) is 5.09. The van der Waals surface area contributed by atoms with Gasteiger partial charge in [0.1, 0.15) is 5.75 Å². The smallest absolute Gasteiger partial charge is 0.311 e. The number of methoxy groups -OCH3 is 1. The molecule has 0 saturated heterocycles. The summed E-state index contributed by atoms with van der Waals surface area (Å²) in [6.07, 6.45) is 2.02. The lowest BCUT2D eigenvalue weighted by atomic mass is 9.93. The van der Waals surface area contributed by atoms with Crippen LogP contribution in [0.1, 0.15) is 24.3 Å². The number of para-hydroxylation sites is 1. The SMILES string of the molecule is COc1ccccc1C(C(=O)O)C1CC1. The molecule has 0 spiro atoms. The van der Waals surface area contributed by atoms with Crippen LogP contribution in [0.4, 0.5) is 0 Å². The zero-order valence-corrected chi connectivity index (χ0v) is 8.64. The maximum Gasteiger partial charge on any atom is 0.311 e. The summed E-state index contributed by atoms with van der Waals surface area (Å²) >= 11 is 0. The fourth-order valence-corrected chi connectivity index (χ4v) is 1.94. The highest BCUT2D eigenvalue weighted by Crippen LogP contribution is 2.45. The summed E-state index contributed by atoms with van der Waals surface area (Å²) in [6.45, 7) is 0. The van der Waals surface area contributed by atoms with Crippen molar-refractivity contribution in [1.82, 2.24) is 0 Å². The first-order valence-corrected chi connectivity index (χ1v) is 5.09. The average Bonchev–Trinajstić information content (AvgIpc) is 3.03. The van der Waals surface area contributed by atoms with Crippen LogP contribution in [0.25, 0.3) is 0 Å². The van der Waals surface area contributed by atoms with E-state index in [1.807, 2.05) is 24.3 Å². The molecular weight excluding hydrogens is 192 g/mol. The van der Waals surface area contributed by atoms with Crippen LogP contribution in [-0.2, 0) is 4.79 Å². The van der Waals surface area contributed by atoms with Crippen molar-refractivity contribution in [2.24, 2.45) is 5.92 Å². The zero-order chi connectivity index (χ0) is 10.8. The third-order valence-corrected chi connectivity index (χ3v) is 2.83. The molecule has 1 aromatic rings. The van der Waals surface area contributed by atoms with E-state index in [1.165, 1.54) is 0 Å². The van der Waals surface area contributed by atoms with Crippen LogP contribution in [0.2, 0.25) is 0 Å². The fraction of sp³-hybridized carbons (Fsp3) is 0.417. The van der Waals surface area contributed by atoms with E-state index >= 15 is 0 Å². The molecule has 1 fully saturated rings. The van der Waals surface area contributed by atoms with E-state index in [0.29, 0.717) is 11.7 Å². The monoisotopic (exact) mass is 206 g/mol. The van der Waals surface area contributed by atoms with E-state index in [4.69, 9.17) is 4.74 Å². The molecule has 3 heteroatoms. The third-order valence-electron chi connectivity index (χ3n) is 2.83. The summed E-state index contributed by atoms with van der Waals surface area (Å²) in [7, 11) is 1.57. The summed E-state index contributed by atoms with van der Waals surface area (Å²) in [5.41, 5.74) is 0.801. The Morgan fingerprint density at radius 2 is 2.13 bits per heavy atom. The third kappa shape index (κ3) is 1.96. The van der Waals surface area contributed by atoms with Gasteiger partial charge in [0, 0.05) is 5.56 Å². The van der Waals surface area contributed by atoms with E-state index in [2.05, 4.69) is 0 Å². The molecule has 0 aliphatic heterocycles. The van der Waals surface area contributed by atoms with Crippen molar-refractivity contribution in [2.45, 2.75) is 18.8 Å². The van der Waals surface area contributed by atoms with Gasteiger partial charge >= 0.3 is 5.97 Å². The number of benzene rings is 1. The molecule has 0 bridgehead atoms. The molecule has 0 radical (unpaired) electrons. The summed E-state index contributed by atoms with van der Waals surface area (Å²) < 4.78 is 5.19. The number of carboxylic acid groups (broad SMARTS) is 1. The lowest BCUT2D eigenvalue weighted by Gasteiger charge is -2.14. The molecule has 15 heavy (non-hydrogen) atoms. The Kier molecular flexibility index (Phi) is 2.62. The van der Waals surface area contributed by atoms with E-state index in [-0.39, 0.29) is 0 Å². The number of hydrogen-bond acceptors (Lipinski definition) is 2. The van der Waals surface area contributed by atoms with Crippen LogP contribution in [0.5, 0.6) is 5.75 Å². The Morgan fingerprint density at radius 3 is 2.67 bits per heavy atom. The van der Waals surface area contributed by atoms with E-state index in [9.17, 15) is 9.90 Å². The number of carbonyl (C=O) groups is 1.